The zero-order chi connectivity index (χ0) is 17.8. The van der Waals surface area contributed by atoms with Gasteiger partial charge in [-0.1, -0.05) is 42.5 Å². The Morgan fingerprint density at radius 3 is 2.62 bits per heavy atom. The van der Waals surface area contributed by atoms with Gasteiger partial charge in [0.1, 0.15) is 11.2 Å². The van der Waals surface area contributed by atoms with E-state index in [4.69, 9.17) is 9.84 Å². The van der Waals surface area contributed by atoms with E-state index in [0.717, 1.165) is 5.56 Å². The van der Waals surface area contributed by atoms with Crippen LogP contribution in [0.1, 0.15) is 45.2 Å². The standard InChI is InChI=1S/C19H27NO4/c1-18(2,3)24-17(22)20-13-7-11-19(23,12-8-14-21)16(20)15-9-5-4-6-10-15/h4-6,8-10,12,16,21,23H,7,11,13-14H2,1-3H3/b12-8-/t16-,19+/m0/s1. The summed E-state index contributed by atoms with van der Waals surface area (Å²) in [6.07, 6.45) is 3.86. The van der Waals surface area contributed by atoms with Crippen molar-refractivity contribution in [1.29, 1.82) is 0 Å². The monoisotopic (exact) mass is 333 g/mol. The van der Waals surface area contributed by atoms with Crippen molar-refractivity contribution < 1.29 is 19.7 Å². The van der Waals surface area contributed by atoms with Crippen LogP contribution in [0.4, 0.5) is 4.79 Å². The second-order valence-electron chi connectivity index (χ2n) is 7.17. The van der Waals surface area contributed by atoms with Gasteiger partial charge in [0.25, 0.3) is 0 Å². The molecule has 0 aliphatic carbocycles. The molecule has 1 aliphatic heterocycles. The Labute approximate surface area is 143 Å². The van der Waals surface area contributed by atoms with Crippen LogP contribution in [0.2, 0.25) is 0 Å². The number of benzene rings is 1. The van der Waals surface area contributed by atoms with Crippen LogP contribution >= 0.6 is 0 Å². The van der Waals surface area contributed by atoms with Crippen LogP contribution in [0, 0.1) is 0 Å². The van der Waals surface area contributed by atoms with Crippen LogP contribution in [0.15, 0.2) is 42.5 Å². The molecule has 0 saturated carbocycles. The molecule has 1 amide bonds. The molecular weight excluding hydrogens is 306 g/mol. The van der Waals surface area contributed by atoms with Crippen LogP contribution in [0.5, 0.6) is 0 Å². The number of nitrogens with zero attached hydrogens (tertiary/aromatic N) is 1. The minimum atomic E-state index is -1.24. The number of amides is 1. The van der Waals surface area contributed by atoms with E-state index in [2.05, 4.69) is 0 Å². The maximum absolute atomic E-state index is 12.7. The van der Waals surface area contributed by atoms with Crippen molar-refractivity contribution >= 4 is 6.09 Å². The SMILES string of the molecule is CC(C)(C)OC(=O)N1CCC[C@@](O)(/C=C\CO)[C@@H]1c1ccccc1. The van der Waals surface area contributed by atoms with Crippen molar-refractivity contribution in [2.45, 2.75) is 50.9 Å². The van der Waals surface area contributed by atoms with Gasteiger partial charge in [0.2, 0.25) is 0 Å². The maximum Gasteiger partial charge on any atom is 0.410 e. The number of carbonyl (C=O) groups is 1. The van der Waals surface area contributed by atoms with Gasteiger partial charge < -0.3 is 14.9 Å². The Morgan fingerprint density at radius 2 is 2.04 bits per heavy atom. The molecule has 132 valence electrons. The molecule has 1 saturated heterocycles. The molecule has 1 aromatic carbocycles. The summed E-state index contributed by atoms with van der Waals surface area (Å²) in [5.74, 6) is 0. The second kappa shape index (κ2) is 7.36. The predicted molar refractivity (Wildman–Crippen MR) is 92.5 cm³/mol. The highest BCUT2D eigenvalue weighted by Gasteiger charge is 2.45. The molecule has 5 heteroatoms. The lowest BCUT2D eigenvalue weighted by molar-refractivity contribution is -0.0586. The summed E-state index contributed by atoms with van der Waals surface area (Å²) >= 11 is 0. The molecule has 0 aromatic heterocycles. The number of hydrogen-bond donors (Lipinski definition) is 2. The van der Waals surface area contributed by atoms with Gasteiger partial charge in [0.15, 0.2) is 0 Å². The van der Waals surface area contributed by atoms with E-state index in [1.807, 2.05) is 51.1 Å². The fraction of sp³-hybridized carbons (Fsp3) is 0.526. The number of hydrogen-bond acceptors (Lipinski definition) is 4. The third-order valence-electron chi connectivity index (χ3n) is 4.02. The Hall–Kier alpha value is -1.85. The normalized spacial score (nSPS) is 25.0. The molecular formula is C19H27NO4. The predicted octanol–water partition coefficient (Wildman–Crippen LogP) is 3.04. The van der Waals surface area contributed by atoms with Crippen molar-refractivity contribution in [3.8, 4) is 0 Å². The molecule has 5 nitrogen and oxygen atoms in total. The van der Waals surface area contributed by atoms with E-state index in [1.54, 1.807) is 11.0 Å². The molecule has 0 unspecified atom stereocenters. The van der Waals surface area contributed by atoms with Gasteiger partial charge in [0.05, 0.1) is 12.6 Å². The molecule has 1 fully saturated rings. The lowest BCUT2D eigenvalue weighted by Crippen LogP contribution is -2.53. The largest absolute Gasteiger partial charge is 0.444 e. The van der Waals surface area contributed by atoms with Crippen LogP contribution < -0.4 is 0 Å². The molecule has 2 rings (SSSR count). The van der Waals surface area contributed by atoms with Gasteiger partial charge in [-0.3, -0.25) is 4.90 Å². The third kappa shape index (κ3) is 4.36. The second-order valence-corrected chi connectivity index (χ2v) is 7.17. The average molecular weight is 333 g/mol. The average Bonchev–Trinajstić information content (AvgIpc) is 2.52. The van der Waals surface area contributed by atoms with Crippen LogP contribution in [-0.4, -0.2) is 45.6 Å². The molecule has 0 spiro atoms. The van der Waals surface area contributed by atoms with Crippen molar-refractivity contribution in [1.82, 2.24) is 4.90 Å². The van der Waals surface area contributed by atoms with Crippen LogP contribution in [0.25, 0.3) is 0 Å². The first-order valence-corrected chi connectivity index (χ1v) is 8.32. The molecule has 1 aromatic rings. The molecule has 1 heterocycles. The summed E-state index contributed by atoms with van der Waals surface area (Å²) in [4.78, 5) is 14.3. The number of likely N-dealkylation sites (tertiary alicyclic amines) is 1. The Bertz CT molecular complexity index is 579. The van der Waals surface area contributed by atoms with Gasteiger partial charge in [-0.2, -0.15) is 0 Å². The first-order chi connectivity index (χ1) is 11.3. The van der Waals surface area contributed by atoms with Gasteiger partial charge in [-0.05, 0) is 39.2 Å². The zero-order valence-corrected chi connectivity index (χ0v) is 14.6. The first kappa shape index (κ1) is 18.5. The lowest BCUT2D eigenvalue weighted by Gasteiger charge is -2.46. The molecule has 2 N–H and O–H groups in total. The van der Waals surface area contributed by atoms with Crippen LogP contribution in [-0.2, 0) is 4.74 Å². The number of ether oxygens (including phenoxy) is 1. The number of piperidine rings is 1. The Kier molecular flexibility index (Phi) is 5.67. The van der Waals surface area contributed by atoms with Gasteiger partial charge in [-0.15, -0.1) is 0 Å². The summed E-state index contributed by atoms with van der Waals surface area (Å²) in [6.45, 7) is 5.83. The Morgan fingerprint density at radius 1 is 1.38 bits per heavy atom. The van der Waals surface area contributed by atoms with Crippen molar-refractivity contribution in [3.63, 3.8) is 0 Å². The number of aliphatic hydroxyl groups excluding tert-OH is 1. The highest BCUT2D eigenvalue weighted by Crippen LogP contribution is 2.41. The van der Waals surface area contributed by atoms with E-state index in [0.29, 0.717) is 19.4 Å². The zero-order valence-electron chi connectivity index (χ0n) is 14.6. The van der Waals surface area contributed by atoms with Gasteiger partial charge in [0, 0.05) is 6.54 Å². The van der Waals surface area contributed by atoms with E-state index < -0.39 is 23.3 Å². The van der Waals surface area contributed by atoms with Crippen molar-refractivity contribution in [2.24, 2.45) is 0 Å². The molecule has 2 atom stereocenters. The quantitative estimate of drug-likeness (QED) is 0.834. The topological polar surface area (TPSA) is 70.0 Å². The fourth-order valence-corrected chi connectivity index (χ4v) is 3.12. The third-order valence-corrected chi connectivity index (χ3v) is 4.02. The maximum atomic E-state index is 12.7. The summed E-state index contributed by atoms with van der Waals surface area (Å²) in [7, 11) is 0. The van der Waals surface area contributed by atoms with E-state index in [1.165, 1.54) is 6.08 Å². The summed E-state index contributed by atoms with van der Waals surface area (Å²) in [6, 6.07) is 8.90. The van der Waals surface area contributed by atoms with Crippen molar-refractivity contribution in [3.05, 3.63) is 48.0 Å². The highest BCUT2D eigenvalue weighted by molar-refractivity contribution is 5.69. The van der Waals surface area contributed by atoms with Crippen LogP contribution in [0.3, 0.4) is 0 Å². The summed E-state index contributed by atoms with van der Waals surface area (Å²) in [5.41, 5.74) is -0.998. The highest BCUT2D eigenvalue weighted by atomic mass is 16.6. The minimum absolute atomic E-state index is 0.156. The van der Waals surface area contributed by atoms with E-state index in [9.17, 15) is 9.90 Å². The lowest BCUT2D eigenvalue weighted by atomic mass is 9.80. The smallest absolute Gasteiger partial charge is 0.410 e. The molecule has 0 bridgehead atoms. The number of rotatable bonds is 3. The van der Waals surface area contributed by atoms with Gasteiger partial charge in [-0.25, -0.2) is 4.79 Å². The fourth-order valence-electron chi connectivity index (χ4n) is 3.12. The Balaban J connectivity index is 2.41. The molecule has 0 radical (unpaired) electrons. The number of aliphatic hydroxyl groups is 2. The minimum Gasteiger partial charge on any atom is -0.444 e. The number of carbonyl (C=O) groups excluding carboxylic acids is 1. The summed E-state index contributed by atoms with van der Waals surface area (Å²) < 4.78 is 5.53. The molecule has 1 aliphatic rings. The molecule has 24 heavy (non-hydrogen) atoms. The van der Waals surface area contributed by atoms with E-state index >= 15 is 0 Å². The van der Waals surface area contributed by atoms with Gasteiger partial charge >= 0.3 is 6.09 Å². The van der Waals surface area contributed by atoms with E-state index in [-0.39, 0.29) is 6.61 Å². The summed E-state index contributed by atoms with van der Waals surface area (Å²) in [5, 5.41) is 20.3. The first-order valence-electron chi connectivity index (χ1n) is 8.32. The van der Waals surface area contributed by atoms with Crippen molar-refractivity contribution in [2.75, 3.05) is 13.2 Å².